The van der Waals surface area contributed by atoms with E-state index in [1.807, 2.05) is 0 Å². The number of aliphatic hydroxyl groups is 1. The Morgan fingerprint density at radius 1 is 1.10 bits per heavy atom. The van der Waals surface area contributed by atoms with E-state index in [1.54, 1.807) is 0 Å². The second kappa shape index (κ2) is 5.52. The average molecular weight is 272 g/mol. The summed E-state index contributed by atoms with van der Waals surface area (Å²) in [5.74, 6) is 2.70. The molecule has 0 bridgehead atoms. The van der Waals surface area contributed by atoms with Crippen molar-refractivity contribution in [1.82, 2.24) is 0 Å². The van der Waals surface area contributed by atoms with Crippen LogP contribution < -0.4 is 0 Å². The quantitative estimate of drug-likeness (QED) is 0.787. The van der Waals surface area contributed by atoms with Gasteiger partial charge in [0.05, 0.1) is 5.60 Å². The lowest BCUT2D eigenvalue weighted by Crippen LogP contribution is -2.31. The molecule has 1 nitrogen and oxygen atoms in total. The molecule has 0 saturated heterocycles. The van der Waals surface area contributed by atoms with Crippen LogP contribution in [0.3, 0.4) is 0 Å². The van der Waals surface area contributed by atoms with Crippen molar-refractivity contribution in [1.29, 1.82) is 0 Å². The van der Waals surface area contributed by atoms with Crippen LogP contribution in [0.5, 0.6) is 0 Å². The van der Waals surface area contributed by atoms with Crippen molar-refractivity contribution in [2.45, 2.75) is 63.9 Å². The molecule has 2 saturated carbocycles. The van der Waals surface area contributed by atoms with Gasteiger partial charge in [0.2, 0.25) is 0 Å². The highest BCUT2D eigenvalue weighted by Crippen LogP contribution is 2.57. The summed E-state index contributed by atoms with van der Waals surface area (Å²) in [6, 6.07) is 10.8. The Kier molecular flexibility index (Phi) is 3.90. The minimum atomic E-state index is -0.385. The smallest absolute Gasteiger partial charge is 0.0682 e. The molecule has 20 heavy (non-hydrogen) atoms. The number of hydrogen-bond donors (Lipinski definition) is 1. The first-order chi connectivity index (χ1) is 9.60. The highest BCUT2D eigenvalue weighted by molar-refractivity contribution is 5.27. The fraction of sp³-hybridized carbons (Fsp3) is 0.684. The zero-order valence-electron chi connectivity index (χ0n) is 12.9. The predicted molar refractivity (Wildman–Crippen MR) is 83.7 cm³/mol. The van der Waals surface area contributed by atoms with E-state index in [9.17, 15) is 5.11 Å². The molecule has 2 aliphatic carbocycles. The van der Waals surface area contributed by atoms with E-state index in [-0.39, 0.29) is 5.60 Å². The zero-order valence-corrected chi connectivity index (χ0v) is 12.9. The first-order valence-electron chi connectivity index (χ1n) is 8.37. The number of rotatable bonds is 3. The maximum atomic E-state index is 11.1. The van der Waals surface area contributed by atoms with E-state index in [2.05, 4.69) is 44.2 Å². The molecular weight excluding hydrogens is 244 g/mol. The molecule has 0 spiro atoms. The lowest BCUT2D eigenvalue weighted by atomic mass is 9.85. The lowest BCUT2D eigenvalue weighted by Gasteiger charge is -2.28. The molecule has 3 rings (SSSR count). The highest BCUT2D eigenvalue weighted by atomic mass is 16.3. The second-order valence-corrected chi connectivity index (χ2v) is 7.40. The van der Waals surface area contributed by atoms with Crippen LogP contribution in [0.25, 0.3) is 0 Å². The normalized spacial score (nSPS) is 37.7. The third-order valence-corrected chi connectivity index (χ3v) is 5.78. The molecule has 2 aliphatic rings. The first kappa shape index (κ1) is 14.1. The summed E-state index contributed by atoms with van der Waals surface area (Å²) in [4.78, 5) is 0. The Hall–Kier alpha value is -0.820. The van der Waals surface area contributed by atoms with Gasteiger partial charge in [0.15, 0.2) is 0 Å². The van der Waals surface area contributed by atoms with Gasteiger partial charge in [0.1, 0.15) is 0 Å². The van der Waals surface area contributed by atoms with Crippen molar-refractivity contribution in [3.63, 3.8) is 0 Å². The molecule has 1 aromatic rings. The number of benzene rings is 1. The summed E-state index contributed by atoms with van der Waals surface area (Å²) >= 11 is 0. The van der Waals surface area contributed by atoms with Gasteiger partial charge in [0, 0.05) is 0 Å². The topological polar surface area (TPSA) is 20.2 Å². The second-order valence-electron chi connectivity index (χ2n) is 7.40. The van der Waals surface area contributed by atoms with Crippen LogP contribution in [0.2, 0.25) is 0 Å². The summed E-state index contributed by atoms with van der Waals surface area (Å²) in [6.07, 6.45) is 6.95. The van der Waals surface area contributed by atoms with Gasteiger partial charge in [0.25, 0.3) is 0 Å². The molecule has 1 N–H and O–H groups in total. The minimum Gasteiger partial charge on any atom is -0.390 e. The Labute approximate surface area is 123 Å². The molecule has 0 radical (unpaired) electrons. The van der Waals surface area contributed by atoms with Crippen molar-refractivity contribution < 1.29 is 5.11 Å². The monoisotopic (exact) mass is 272 g/mol. The Morgan fingerprint density at radius 2 is 1.85 bits per heavy atom. The van der Waals surface area contributed by atoms with Crippen LogP contribution >= 0.6 is 0 Å². The molecule has 1 aromatic carbocycles. The zero-order chi connectivity index (χ0) is 14.2. The minimum absolute atomic E-state index is 0.385. The van der Waals surface area contributed by atoms with E-state index >= 15 is 0 Å². The van der Waals surface area contributed by atoms with Gasteiger partial charge in [-0.3, -0.25) is 0 Å². The maximum Gasteiger partial charge on any atom is 0.0682 e. The van der Waals surface area contributed by atoms with E-state index in [0.717, 1.165) is 24.7 Å². The van der Waals surface area contributed by atoms with Crippen LogP contribution in [-0.4, -0.2) is 10.7 Å². The Morgan fingerprint density at radius 3 is 2.55 bits per heavy atom. The average Bonchev–Trinajstić information content (AvgIpc) is 3.24. The van der Waals surface area contributed by atoms with Gasteiger partial charge in [-0.15, -0.1) is 0 Å². The summed E-state index contributed by atoms with van der Waals surface area (Å²) in [5, 5.41) is 11.1. The standard InChI is InChI=1S/C19H28O/c1-14(2)15-9-6-11-19(20,12-10-15)18-13-17(18)16-7-4-3-5-8-16/h3-5,7-8,14-15,17-18,20H,6,9-13H2,1-2H3. The van der Waals surface area contributed by atoms with Crippen LogP contribution in [0, 0.1) is 17.8 Å². The van der Waals surface area contributed by atoms with Crippen molar-refractivity contribution in [2.75, 3.05) is 0 Å². The summed E-state index contributed by atoms with van der Waals surface area (Å²) in [7, 11) is 0. The molecule has 0 aromatic heterocycles. The highest BCUT2D eigenvalue weighted by Gasteiger charge is 2.52. The molecule has 4 unspecified atom stereocenters. The first-order valence-corrected chi connectivity index (χ1v) is 8.37. The maximum absolute atomic E-state index is 11.1. The molecule has 4 atom stereocenters. The van der Waals surface area contributed by atoms with E-state index in [4.69, 9.17) is 0 Å². The van der Waals surface area contributed by atoms with Crippen molar-refractivity contribution in [3.8, 4) is 0 Å². The fourth-order valence-corrected chi connectivity index (χ4v) is 4.27. The third kappa shape index (κ3) is 2.79. The van der Waals surface area contributed by atoms with Crippen LogP contribution in [0.1, 0.15) is 63.9 Å². The SMILES string of the molecule is CC(C)C1CCCC(O)(C2CC2c2ccccc2)CC1. The molecule has 2 fully saturated rings. The van der Waals surface area contributed by atoms with Crippen molar-refractivity contribution >= 4 is 0 Å². The van der Waals surface area contributed by atoms with Gasteiger partial charge in [-0.1, -0.05) is 57.0 Å². The summed E-state index contributed by atoms with van der Waals surface area (Å²) < 4.78 is 0. The van der Waals surface area contributed by atoms with Crippen LogP contribution in [0.15, 0.2) is 30.3 Å². The van der Waals surface area contributed by atoms with E-state index < -0.39 is 0 Å². The summed E-state index contributed by atoms with van der Waals surface area (Å²) in [5.41, 5.74) is 1.04. The van der Waals surface area contributed by atoms with Gasteiger partial charge in [-0.2, -0.15) is 0 Å². The van der Waals surface area contributed by atoms with Gasteiger partial charge < -0.3 is 5.11 Å². The Bertz CT molecular complexity index is 438. The Balaban J connectivity index is 1.66. The molecular formula is C19H28O. The molecule has 110 valence electrons. The third-order valence-electron chi connectivity index (χ3n) is 5.78. The summed E-state index contributed by atoms with van der Waals surface area (Å²) in [6.45, 7) is 4.66. The molecule has 0 aliphatic heterocycles. The largest absolute Gasteiger partial charge is 0.390 e. The van der Waals surface area contributed by atoms with E-state index in [0.29, 0.717) is 11.8 Å². The van der Waals surface area contributed by atoms with Crippen molar-refractivity contribution in [3.05, 3.63) is 35.9 Å². The van der Waals surface area contributed by atoms with Crippen molar-refractivity contribution in [2.24, 2.45) is 17.8 Å². The molecule has 0 heterocycles. The van der Waals surface area contributed by atoms with Crippen LogP contribution in [0.4, 0.5) is 0 Å². The van der Waals surface area contributed by atoms with Gasteiger partial charge >= 0.3 is 0 Å². The molecule has 0 amide bonds. The van der Waals surface area contributed by atoms with Gasteiger partial charge in [-0.05, 0) is 54.9 Å². The van der Waals surface area contributed by atoms with E-state index in [1.165, 1.54) is 31.2 Å². The van der Waals surface area contributed by atoms with Crippen LogP contribution in [-0.2, 0) is 0 Å². The number of hydrogen-bond acceptors (Lipinski definition) is 1. The lowest BCUT2D eigenvalue weighted by molar-refractivity contribution is -0.000536. The predicted octanol–water partition coefficient (Wildman–Crippen LogP) is 4.76. The van der Waals surface area contributed by atoms with Gasteiger partial charge in [-0.25, -0.2) is 0 Å². The molecule has 1 heteroatoms. The fourth-order valence-electron chi connectivity index (χ4n) is 4.27.